The number of para-hydroxylation sites is 2. The highest BCUT2D eigenvalue weighted by molar-refractivity contribution is 7.22. The van der Waals surface area contributed by atoms with Gasteiger partial charge in [0.15, 0.2) is 10.9 Å². The SMILES string of the molecule is Cl.O=C(C1c2ccccc2Oc2ccccc21)N(CCN1CCOCC1)c1nc2c(F)cc(F)cc2s1. The molecular weight excluding hydrogens is 520 g/mol. The number of carbonyl (C=O) groups excluding carboxylic acids is 1. The quantitative estimate of drug-likeness (QED) is 0.328. The van der Waals surface area contributed by atoms with Crippen LogP contribution in [0.1, 0.15) is 17.0 Å². The average Bonchev–Trinajstić information content (AvgIpc) is 3.32. The number of halogens is 3. The maximum atomic E-state index is 14.5. The first-order valence-electron chi connectivity index (χ1n) is 11.8. The van der Waals surface area contributed by atoms with E-state index in [1.54, 1.807) is 4.90 Å². The number of nitrogens with zero attached hydrogens (tertiary/aromatic N) is 3. The van der Waals surface area contributed by atoms with Gasteiger partial charge < -0.3 is 9.47 Å². The Morgan fingerprint density at radius 3 is 2.35 bits per heavy atom. The fourth-order valence-corrected chi connectivity index (χ4v) is 5.80. The smallest absolute Gasteiger partial charge is 0.241 e. The third-order valence-corrected chi connectivity index (χ3v) is 7.59. The Bertz CT molecular complexity index is 1400. The van der Waals surface area contributed by atoms with Crippen molar-refractivity contribution in [1.82, 2.24) is 9.88 Å². The van der Waals surface area contributed by atoms with Crippen molar-refractivity contribution in [3.05, 3.63) is 83.4 Å². The largest absolute Gasteiger partial charge is 0.457 e. The highest BCUT2D eigenvalue weighted by Crippen LogP contribution is 2.45. The number of ether oxygens (including phenoxy) is 2. The first-order valence-corrected chi connectivity index (χ1v) is 12.6. The van der Waals surface area contributed by atoms with E-state index in [1.165, 1.54) is 6.07 Å². The summed E-state index contributed by atoms with van der Waals surface area (Å²) in [5.41, 5.74) is 1.58. The first kappa shape index (κ1) is 25.5. The lowest BCUT2D eigenvalue weighted by atomic mass is 9.87. The van der Waals surface area contributed by atoms with E-state index >= 15 is 0 Å². The average molecular weight is 544 g/mol. The van der Waals surface area contributed by atoms with E-state index in [0.717, 1.165) is 41.6 Å². The predicted octanol–water partition coefficient (Wildman–Crippen LogP) is 5.60. The topological polar surface area (TPSA) is 54.9 Å². The van der Waals surface area contributed by atoms with Crippen LogP contribution in [0.4, 0.5) is 13.9 Å². The summed E-state index contributed by atoms with van der Waals surface area (Å²) < 4.78 is 40.3. The number of thiazole rings is 1. The van der Waals surface area contributed by atoms with Crippen molar-refractivity contribution >= 4 is 45.0 Å². The molecule has 37 heavy (non-hydrogen) atoms. The van der Waals surface area contributed by atoms with Crippen molar-refractivity contribution in [3.8, 4) is 11.5 Å². The molecule has 0 spiro atoms. The third kappa shape index (κ3) is 4.92. The number of fused-ring (bicyclic) bond motifs is 3. The van der Waals surface area contributed by atoms with Crippen LogP contribution in [0.2, 0.25) is 0 Å². The molecular formula is C27H24ClF2N3O3S. The molecule has 3 heterocycles. The monoisotopic (exact) mass is 543 g/mol. The Hall–Kier alpha value is -3.11. The fourth-order valence-electron chi connectivity index (χ4n) is 4.76. The number of aromatic nitrogens is 1. The van der Waals surface area contributed by atoms with Crippen LogP contribution in [0.25, 0.3) is 10.2 Å². The van der Waals surface area contributed by atoms with Gasteiger partial charge in [0.05, 0.1) is 23.8 Å². The Labute approximate surface area is 222 Å². The number of amides is 1. The normalized spacial score (nSPS) is 15.4. The second-order valence-corrected chi connectivity index (χ2v) is 9.79. The molecule has 6 rings (SSSR count). The van der Waals surface area contributed by atoms with Gasteiger partial charge in [-0.1, -0.05) is 47.7 Å². The van der Waals surface area contributed by atoms with Crippen molar-refractivity contribution < 1.29 is 23.0 Å². The molecule has 192 valence electrons. The van der Waals surface area contributed by atoms with E-state index in [4.69, 9.17) is 9.47 Å². The predicted molar refractivity (Wildman–Crippen MR) is 141 cm³/mol. The molecule has 2 aliphatic rings. The number of carbonyl (C=O) groups is 1. The van der Waals surface area contributed by atoms with Crippen molar-refractivity contribution in [2.24, 2.45) is 0 Å². The van der Waals surface area contributed by atoms with Gasteiger partial charge in [-0.05, 0) is 18.2 Å². The maximum Gasteiger partial charge on any atom is 0.241 e. The van der Waals surface area contributed by atoms with E-state index in [-0.39, 0.29) is 23.8 Å². The number of hydrogen-bond acceptors (Lipinski definition) is 6. The van der Waals surface area contributed by atoms with Gasteiger partial charge in [-0.2, -0.15) is 0 Å². The molecule has 0 saturated carbocycles. The van der Waals surface area contributed by atoms with Crippen LogP contribution in [0, 0.1) is 11.6 Å². The zero-order chi connectivity index (χ0) is 24.6. The zero-order valence-electron chi connectivity index (χ0n) is 19.7. The van der Waals surface area contributed by atoms with E-state index in [9.17, 15) is 13.6 Å². The second-order valence-electron chi connectivity index (χ2n) is 8.79. The number of morpholine rings is 1. The maximum absolute atomic E-state index is 14.5. The van der Waals surface area contributed by atoms with E-state index in [1.807, 2.05) is 48.5 Å². The Morgan fingerprint density at radius 1 is 1.03 bits per heavy atom. The van der Waals surface area contributed by atoms with E-state index in [2.05, 4.69) is 9.88 Å². The van der Waals surface area contributed by atoms with Crippen LogP contribution in [0.5, 0.6) is 11.5 Å². The van der Waals surface area contributed by atoms with Gasteiger partial charge in [0, 0.05) is 43.4 Å². The highest BCUT2D eigenvalue weighted by atomic mass is 35.5. The molecule has 0 atom stereocenters. The summed E-state index contributed by atoms with van der Waals surface area (Å²) in [5.74, 6) is -0.973. The molecule has 0 aliphatic carbocycles. The molecule has 1 saturated heterocycles. The van der Waals surface area contributed by atoms with Crippen LogP contribution in [0.3, 0.4) is 0 Å². The van der Waals surface area contributed by atoms with Crippen molar-refractivity contribution in [1.29, 1.82) is 0 Å². The molecule has 0 unspecified atom stereocenters. The lowest BCUT2D eigenvalue weighted by Gasteiger charge is -2.33. The number of hydrogen-bond donors (Lipinski definition) is 0. The van der Waals surface area contributed by atoms with Gasteiger partial charge in [0.25, 0.3) is 0 Å². The number of rotatable bonds is 5. The highest BCUT2D eigenvalue weighted by Gasteiger charge is 2.37. The van der Waals surface area contributed by atoms with Gasteiger partial charge in [-0.3, -0.25) is 14.6 Å². The van der Waals surface area contributed by atoms with E-state index in [0.29, 0.717) is 47.6 Å². The summed E-state index contributed by atoms with van der Waals surface area (Å²) in [7, 11) is 0. The molecule has 1 fully saturated rings. The molecule has 0 bridgehead atoms. The first-order chi connectivity index (χ1) is 17.6. The van der Waals surface area contributed by atoms with Gasteiger partial charge >= 0.3 is 0 Å². The summed E-state index contributed by atoms with van der Waals surface area (Å²) >= 11 is 1.11. The summed E-state index contributed by atoms with van der Waals surface area (Å²) in [6.07, 6.45) is 0. The minimum Gasteiger partial charge on any atom is -0.457 e. The van der Waals surface area contributed by atoms with Gasteiger partial charge in [-0.25, -0.2) is 13.8 Å². The summed E-state index contributed by atoms with van der Waals surface area (Å²) in [4.78, 5) is 22.6. The van der Waals surface area contributed by atoms with Crippen LogP contribution in [-0.4, -0.2) is 55.2 Å². The van der Waals surface area contributed by atoms with Crippen LogP contribution in [0.15, 0.2) is 60.7 Å². The van der Waals surface area contributed by atoms with Gasteiger partial charge in [0.2, 0.25) is 5.91 Å². The lowest BCUT2D eigenvalue weighted by molar-refractivity contribution is -0.119. The summed E-state index contributed by atoms with van der Waals surface area (Å²) in [5, 5.41) is 0.342. The molecule has 2 aliphatic heterocycles. The molecule has 6 nitrogen and oxygen atoms in total. The second kappa shape index (κ2) is 10.7. The zero-order valence-corrected chi connectivity index (χ0v) is 21.4. The molecule has 0 N–H and O–H groups in total. The minimum atomic E-state index is -0.741. The van der Waals surface area contributed by atoms with Crippen LogP contribution < -0.4 is 9.64 Å². The standard InChI is InChI=1S/C27H23F2N3O3S.ClH/c28-17-15-20(29)25-23(16-17)36-27(30-25)32(10-9-31-11-13-34-14-12-31)26(33)24-18-5-1-3-7-21(18)35-22-8-4-2-6-19(22)24;/h1-8,15-16,24H,9-14H2;1H. The third-order valence-electron chi connectivity index (χ3n) is 6.57. The Morgan fingerprint density at radius 2 is 1.68 bits per heavy atom. The number of benzene rings is 3. The van der Waals surface area contributed by atoms with Crippen molar-refractivity contribution in [2.75, 3.05) is 44.3 Å². The fraction of sp³-hybridized carbons (Fsp3) is 0.259. The molecule has 0 radical (unpaired) electrons. The summed E-state index contributed by atoms with van der Waals surface area (Å²) in [6, 6.07) is 17.0. The van der Waals surface area contributed by atoms with E-state index < -0.39 is 17.6 Å². The Balaban J connectivity index is 0.00000280. The molecule has 1 aromatic heterocycles. The lowest BCUT2D eigenvalue weighted by Crippen LogP contribution is -2.44. The minimum absolute atomic E-state index is 0. The van der Waals surface area contributed by atoms with Gasteiger partial charge in [0.1, 0.15) is 22.8 Å². The van der Waals surface area contributed by atoms with Crippen LogP contribution >= 0.6 is 23.7 Å². The Kier molecular flexibility index (Phi) is 7.39. The van der Waals surface area contributed by atoms with Crippen LogP contribution in [-0.2, 0) is 9.53 Å². The van der Waals surface area contributed by atoms with Crippen molar-refractivity contribution in [2.45, 2.75) is 5.92 Å². The molecule has 3 aromatic carbocycles. The number of anilines is 1. The molecule has 1 amide bonds. The molecule has 10 heteroatoms. The summed E-state index contributed by atoms with van der Waals surface area (Å²) in [6.45, 7) is 3.77. The van der Waals surface area contributed by atoms with Gasteiger partial charge in [-0.15, -0.1) is 12.4 Å². The van der Waals surface area contributed by atoms with Crippen molar-refractivity contribution in [3.63, 3.8) is 0 Å². The molecule has 4 aromatic rings.